The number of nitrogens with zero attached hydrogens (tertiary/aromatic N) is 2. The lowest BCUT2D eigenvalue weighted by atomic mass is 9.97. The average Bonchev–Trinajstić information content (AvgIpc) is 3.02. The van der Waals surface area contributed by atoms with Crippen LogP contribution in [0.4, 0.5) is 0 Å². The van der Waals surface area contributed by atoms with Gasteiger partial charge in [-0.05, 0) is 68.4 Å². The van der Waals surface area contributed by atoms with Crippen molar-refractivity contribution in [2.45, 2.75) is 44.7 Å². The Morgan fingerprint density at radius 3 is 2.66 bits per heavy atom. The minimum absolute atomic E-state index is 0.0421. The number of aromatic nitrogens is 2. The number of thiophene rings is 1. The Morgan fingerprint density at radius 1 is 1.17 bits per heavy atom. The maximum absolute atomic E-state index is 13.6. The summed E-state index contributed by atoms with van der Waals surface area (Å²) in [7, 11) is -3.07. The van der Waals surface area contributed by atoms with Gasteiger partial charge < -0.3 is 0 Å². The van der Waals surface area contributed by atoms with E-state index >= 15 is 0 Å². The molecular weight excluding hydrogens is 424 g/mol. The lowest BCUT2D eigenvalue weighted by Gasteiger charge is -2.14. The molecule has 0 amide bonds. The van der Waals surface area contributed by atoms with Crippen molar-refractivity contribution >= 4 is 43.2 Å². The fourth-order valence-corrected chi connectivity index (χ4v) is 7.17. The third-order valence-electron chi connectivity index (χ3n) is 5.39. The van der Waals surface area contributed by atoms with Gasteiger partial charge in [-0.1, -0.05) is 17.8 Å². The largest absolute Gasteiger partial charge is 0.268 e. The summed E-state index contributed by atoms with van der Waals surface area (Å²) in [6, 6.07) is 5.95. The molecule has 0 N–H and O–H groups in total. The normalized spacial score (nSPS) is 14.3. The molecule has 0 bridgehead atoms. The first-order valence-electron chi connectivity index (χ1n) is 9.70. The van der Waals surface area contributed by atoms with Crippen molar-refractivity contribution in [1.29, 1.82) is 0 Å². The monoisotopic (exact) mass is 448 g/mol. The van der Waals surface area contributed by atoms with Crippen molar-refractivity contribution in [2.24, 2.45) is 0 Å². The molecule has 0 radical (unpaired) electrons. The van der Waals surface area contributed by atoms with Crippen LogP contribution in [-0.4, -0.2) is 35.7 Å². The van der Waals surface area contributed by atoms with Crippen LogP contribution in [0, 0.1) is 13.8 Å². The second-order valence-electron chi connectivity index (χ2n) is 7.67. The highest BCUT2D eigenvalue weighted by atomic mass is 32.2. The van der Waals surface area contributed by atoms with Gasteiger partial charge in [0.15, 0.2) is 5.16 Å². The molecule has 0 fully saturated rings. The van der Waals surface area contributed by atoms with Crippen LogP contribution in [0.15, 0.2) is 28.2 Å². The lowest BCUT2D eigenvalue weighted by molar-refractivity contribution is 0.603. The zero-order chi connectivity index (χ0) is 20.8. The van der Waals surface area contributed by atoms with Gasteiger partial charge >= 0.3 is 0 Å². The second-order valence-corrected chi connectivity index (χ2v) is 12.1. The first-order valence-corrected chi connectivity index (χ1v) is 13.6. The number of sulfone groups is 1. The van der Waals surface area contributed by atoms with E-state index in [0.717, 1.165) is 52.7 Å². The second kappa shape index (κ2) is 7.89. The van der Waals surface area contributed by atoms with E-state index in [1.165, 1.54) is 28.5 Å². The van der Waals surface area contributed by atoms with Crippen LogP contribution in [0.25, 0.3) is 15.9 Å². The maximum atomic E-state index is 13.6. The number of fused-ring (bicyclic) bond motifs is 3. The Labute approximate surface area is 179 Å². The number of benzene rings is 1. The quantitative estimate of drug-likeness (QED) is 0.435. The molecule has 1 aromatic carbocycles. The van der Waals surface area contributed by atoms with Gasteiger partial charge in [0.2, 0.25) is 0 Å². The van der Waals surface area contributed by atoms with Crippen molar-refractivity contribution in [3.05, 3.63) is 50.1 Å². The zero-order valence-corrected chi connectivity index (χ0v) is 19.3. The first kappa shape index (κ1) is 20.6. The Hall–Kier alpha value is -1.64. The molecule has 5 nitrogen and oxygen atoms in total. The molecule has 2 aromatic heterocycles. The molecule has 0 atom stereocenters. The van der Waals surface area contributed by atoms with Crippen LogP contribution >= 0.6 is 23.1 Å². The van der Waals surface area contributed by atoms with E-state index in [-0.39, 0.29) is 11.3 Å². The fourth-order valence-electron chi connectivity index (χ4n) is 3.66. The molecule has 2 heterocycles. The lowest BCUT2D eigenvalue weighted by Crippen LogP contribution is -2.22. The summed E-state index contributed by atoms with van der Waals surface area (Å²) in [5, 5.41) is 1.31. The summed E-state index contributed by atoms with van der Waals surface area (Å²) in [5.41, 5.74) is 4.17. The summed E-state index contributed by atoms with van der Waals surface area (Å²) in [5.74, 6) is 0.423. The summed E-state index contributed by atoms with van der Waals surface area (Å²) in [6.45, 7) is 4.07. The predicted octanol–water partition coefficient (Wildman–Crippen LogP) is 4.08. The highest BCUT2D eigenvalue weighted by Gasteiger charge is 2.23. The molecule has 1 aliphatic carbocycles. The van der Waals surface area contributed by atoms with Crippen LogP contribution in [0.1, 0.15) is 34.4 Å². The Balaban J connectivity index is 1.91. The standard InChI is InChI=1S/C21H24N2O3S3/c1-13-8-9-15(12-14(13)2)23-20(24)18-16-6-4-5-7-17(16)28-19(18)22-21(23)27-10-11-29(3,25)26/h8-9,12H,4-7,10-11H2,1-3H3. The first-order chi connectivity index (χ1) is 13.7. The van der Waals surface area contributed by atoms with Gasteiger partial charge in [-0.3, -0.25) is 9.36 Å². The highest BCUT2D eigenvalue weighted by Crippen LogP contribution is 2.35. The Kier molecular flexibility index (Phi) is 5.61. The van der Waals surface area contributed by atoms with Crippen LogP contribution in [0.2, 0.25) is 0 Å². The predicted molar refractivity (Wildman–Crippen MR) is 122 cm³/mol. The van der Waals surface area contributed by atoms with E-state index in [0.29, 0.717) is 10.9 Å². The molecule has 29 heavy (non-hydrogen) atoms. The molecule has 1 aliphatic rings. The summed E-state index contributed by atoms with van der Waals surface area (Å²) >= 11 is 2.95. The van der Waals surface area contributed by atoms with Crippen molar-refractivity contribution in [2.75, 3.05) is 17.8 Å². The van der Waals surface area contributed by atoms with E-state index in [9.17, 15) is 13.2 Å². The smallest absolute Gasteiger partial charge is 0.267 e. The number of thioether (sulfide) groups is 1. The van der Waals surface area contributed by atoms with Gasteiger partial charge in [0.05, 0.1) is 16.8 Å². The van der Waals surface area contributed by atoms with Gasteiger partial charge in [0, 0.05) is 16.9 Å². The van der Waals surface area contributed by atoms with Crippen molar-refractivity contribution in [1.82, 2.24) is 9.55 Å². The van der Waals surface area contributed by atoms with E-state index in [2.05, 4.69) is 0 Å². The van der Waals surface area contributed by atoms with Crippen molar-refractivity contribution in [3.8, 4) is 5.69 Å². The Bertz CT molecular complexity index is 1260. The molecule has 154 valence electrons. The SMILES string of the molecule is Cc1ccc(-n2c(SCCS(C)(=O)=O)nc3sc4c(c3c2=O)CCCC4)cc1C. The van der Waals surface area contributed by atoms with Gasteiger partial charge in [-0.2, -0.15) is 0 Å². The summed E-state index contributed by atoms with van der Waals surface area (Å²) in [6.07, 6.45) is 5.43. The maximum Gasteiger partial charge on any atom is 0.267 e. The van der Waals surface area contributed by atoms with Gasteiger partial charge in [0.1, 0.15) is 14.7 Å². The van der Waals surface area contributed by atoms with Crippen LogP contribution in [0.3, 0.4) is 0 Å². The van der Waals surface area contributed by atoms with E-state index in [4.69, 9.17) is 4.98 Å². The van der Waals surface area contributed by atoms with Crippen LogP contribution < -0.4 is 5.56 Å². The molecule has 8 heteroatoms. The Morgan fingerprint density at radius 2 is 1.93 bits per heavy atom. The fraction of sp³-hybridized carbons (Fsp3) is 0.429. The number of hydrogen-bond donors (Lipinski definition) is 0. The molecule has 3 aromatic rings. The molecule has 0 aliphatic heterocycles. The molecule has 0 saturated carbocycles. The molecule has 0 saturated heterocycles. The van der Waals surface area contributed by atoms with E-state index in [1.54, 1.807) is 15.9 Å². The molecule has 0 spiro atoms. The third-order valence-corrected chi connectivity index (χ3v) is 8.72. The number of aryl methyl sites for hydroxylation is 4. The van der Waals surface area contributed by atoms with E-state index < -0.39 is 9.84 Å². The van der Waals surface area contributed by atoms with Gasteiger partial charge in [-0.25, -0.2) is 13.4 Å². The molecular formula is C21H24N2O3S3. The number of rotatable bonds is 5. The van der Waals surface area contributed by atoms with Crippen molar-refractivity contribution < 1.29 is 8.42 Å². The molecule has 0 unspecified atom stereocenters. The minimum atomic E-state index is -3.07. The van der Waals surface area contributed by atoms with E-state index in [1.807, 2.05) is 32.0 Å². The van der Waals surface area contributed by atoms with Gasteiger partial charge in [-0.15, -0.1) is 11.3 Å². The van der Waals surface area contributed by atoms with Crippen molar-refractivity contribution in [3.63, 3.8) is 0 Å². The third kappa shape index (κ3) is 4.15. The minimum Gasteiger partial charge on any atom is -0.268 e. The summed E-state index contributed by atoms with van der Waals surface area (Å²) < 4.78 is 24.8. The zero-order valence-electron chi connectivity index (χ0n) is 16.8. The summed E-state index contributed by atoms with van der Waals surface area (Å²) in [4.78, 5) is 20.5. The van der Waals surface area contributed by atoms with Crippen LogP contribution in [-0.2, 0) is 22.7 Å². The van der Waals surface area contributed by atoms with Crippen LogP contribution in [0.5, 0.6) is 0 Å². The highest BCUT2D eigenvalue weighted by molar-refractivity contribution is 8.00. The topological polar surface area (TPSA) is 69.0 Å². The van der Waals surface area contributed by atoms with Gasteiger partial charge in [0.25, 0.3) is 5.56 Å². The molecule has 4 rings (SSSR count). The average molecular weight is 449 g/mol. The number of hydrogen-bond acceptors (Lipinski definition) is 6.